The van der Waals surface area contributed by atoms with E-state index < -0.39 is 0 Å². The van der Waals surface area contributed by atoms with Gasteiger partial charge in [0.15, 0.2) is 0 Å². The van der Waals surface area contributed by atoms with Crippen molar-refractivity contribution < 1.29 is 5.11 Å². The molecule has 10 heavy (non-hydrogen) atoms. The van der Waals surface area contributed by atoms with E-state index in [1.165, 1.54) is 19.3 Å². The summed E-state index contributed by atoms with van der Waals surface area (Å²) < 4.78 is 0. The molecule has 0 amide bonds. The third kappa shape index (κ3) is 1.70. The molecular formula is C8H17NO. The van der Waals surface area contributed by atoms with Crippen molar-refractivity contribution in [3.8, 4) is 0 Å². The fourth-order valence-electron chi connectivity index (χ4n) is 1.68. The van der Waals surface area contributed by atoms with Crippen LogP contribution in [0.25, 0.3) is 0 Å². The van der Waals surface area contributed by atoms with Crippen LogP contribution in [0.2, 0.25) is 0 Å². The second-order valence-corrected chi connectivity index (χ2v) is 3.48. The van der Waals surface area contributed by atoms with Crippen molar-refractivity contribution in [1.82, 2.24) is 4.90 Å². The molecule has 0 aliphatic heterocycles. The molecule has 1 aliphatic rings. The highest BCUT2D eigenvalue weighted by Crippen LogP contribution is 2.27. The number of aliphatic hydroxyl groups excluding tert-OH is 1. The van der Waals surface area contributed by atoms with Crippen molar-refractivity contribution in [3.05, 3.63) is 0 Å². The van der Waals surface area contributed by atoms with Crippen molar-refractivity contribution in [2.45, 2.75) is 25.3 Å². The standard InChI is InChI=1S/C8H17NO/c1-9(2)8-4-3-7(5-8)6-10/h7-8,10H,3-6H2,1-2H3/t7-,8-/m0/s1. The van der Waals surface area contributed by atoms with Crippen LogP contribution >= 0.6 is 0 Å². The van der Waals surface area contributed by atoms with Crippen molar-refractivity contribution in [1.29, 1.82) is 0 Å². The number of rotatable bonds is 2. The predicted octanol–water partition coefficient (Wildman–Crippen LogP) is 0.709. The topological polar surface area (TPSA) is 23.5 Å². The fourth-order valence-corrected chi connectivity index (χ4v) is 1.68. The molecule has 0 saturated heterocycles. The van der Waals surface area contributed by atoms with Gasteiger partial charge in [0.25, 0.3) is 0 Å². The van der Waals surface area contributed by atoms with Crippen LogP contribution < -0.4 is 0 Å². The summed E-state index contributed by atoms with van der Waals surface area (Å²) >= 11 is 0. The number of aliphatic hydroxyl groups is 1. The summed E-state index contributed by atoms with van der Waals surface area (Å²) in [5.74, 6) is 0.576. The highest BCUT2D eigenvalue weighted by Gasteiger charge is 2.24. The SMILES string of the molecule is CN(C)[C@H]1CC[C@H](CO)C1. The van der Waals surface area contributed by atoms with Crippen LogP contribution in [0.3, 0.4) is 0 Å². The van der Waals surface area contributed by atoms with E-state index in [0.717, 1.165) is 6.04 Å². The summed E-state index contributed by atoms with van der Waals surface area (Å²) in [5.41, 5.74) is 0. The van der Waals surface area contributed by atoms with Gasteiger partial charge in [0, 0.05) is 12.6 Å². The van der Waals surface area contributed by atoms with Crippen LogP contribution in [0.4, 0.5) is 0 Å². The van der Waals surface area contributed by atoms with Crippen LogP contribution in [-0.2, 0) is 0 Å². The molecule has 0 unspecified atom stereocenters. The molecule has 1 aliphatic carbocycles. The summed E-state index contributed by atoms with van der Waals surface area (Å²) in [6.45, 7) is 0.379. The van der Waals surface area contributed by atoms with Gasteiger partial charge in [0.05, 0.1) is 0 Å². The summed E-state index contributed by atoms with van der Waals surface area (Å²) in [5, 5.41) is 8.85. The Bertz CT molecular complexity index is 103. The number of nitrogens with zero attached hydrogens (tertiary/aromatic N) is 1. The van der Waals surface area contributed by atoms with E-state index in [1.54, 1.807) is 0 Å². The minimum Gasteiger partial charge on any atom is -0.396 e. The highest BCUT2D eigenvalue weighted by molar-refractivity contribution is 4.79. The lowest BCUT2D eigenvalue weighted by Gasteiger charge is -2.18. The Kier molecular flexibility index (Phi) is 2.69. The van der Waals surface area contributed by atoms with Gasteiger partial charge in [-0.2, -0.15) is 0 Å². The molecule has 1 N–H and O–H groups in total. The van der Waals surface area contributed by atoms with Crippen molar-refractivity contribution in [3.63, 3.8) is 0 Å². The first-order chi connectivity index (χ1) is 4.74. The number of hydrogen-bond donors (Lipinski definition) is 1. The molecule has 0 spiro atoms. The zero-order valence-electron chi connectivity index (χ0n) is 6.88. The normalized spacial score (nSPS) is 33.6. The summed E-state index contributed by atoms with van der Waals surface area (Å²) in [4.78, 5) is 2.26. The molecule has 2 atom stereocenters. The molecule has 1 rings (SSSR count). The van der Waals surface area contributed by atoms with Gasteiger partial charge in [0.2, 0.25) is 0 Å². The average Bonchev–Trinajstić information content (AvgIpc) is 2.34. The molecule has 0 heterocycles. The molecule has 0 aromatic heterocycles. The predicted molar refractivity (Wildman–Crippen MR) is 41.9 cm³/mol. The third-order valence-corrected chi connectivity index (χ3v) is 2.50. The molecule has 0 radical (unpaired) electrons. The maximum absolute atomic E-state index is 8.85. The number of hydrogen-bond acceptors (Lipinski definition) is 2. The second-order valence-electron chi connectivity index (χ2n) is 3.48. The molecule has 0 bridgehead atoms. The Morgan fingerprint density at radius 1 is 1.40 bits per heavy atom. The van der Waals surface area contributed by atoms with Crippen LogP contribution in [0.1, 0.15) is 19.3 Å². The maximum Gasteiger partial charge on any atom is 0.0459 e. The highest BCUT2D eigenvalue weighted by atomic mass is 16.3. The van der Waals surface area contributed by atoms with Gasteiger partial charge in [-0.3, -0.25) is 0 Å². The van der Waals surface area contributed by atoms with E-state index in [2.05, 4.69) is 19.0 Å². The minimum absolute atomic E-state index is 0.379. The van der Waals surface area contributed by atoms with E-state index in [9.17, 15) is 0 Å². The first-order valence-corrected chi connectivity index (χ1v) is 4.01. The third-order valence-electron chi connectivity index (χ3n) is 2.50. The first kappa shape index (κ1) is 8.02. The van der Waals surface area contributed by atoms with E-state index in [-0.39, 0.29) is 0 Å². The van der Waals surface area contributed by atoms with Gasteiger partial charge in [-0.15, -0.1) is 0 Å². The fraction of sp³-hybridized carbons (Fsp3) is 1.00. The minimum atomic E-state index is 0.379. The lowest BCUT2D eigenvalue weighted by atomic mass is 10.1. The Labute approximate surface area is 62.8 Å². The van der Waals surface area contributed by atoms with Gasteiger partial charge >= 0.3 is 0 Å². The molecule has 0 aromatic rings. The molecule has 0 aromatic carbocycles. The van der Waals surface area contributed by atoms with Gasteiger partial charge in [0.1, 0.15) is 0 Å². The molecule has 2 nitrogen and oxygen atoms in total. The van der Waals surface area contributed by atoms with Gasteiger partial charge in [-0.1, -0.05) is 0 Å². The van der Waals surface area contributed by atoms with Crippen molar-refractivity contribution in [2.24, 2.45) is 5.92 Å². The van der Waals surface area contributed by atoms with Crippen LogP contribution in [0.5, 0.6) is 0 Å². The molecule has 1 fully saturated rings. The van der Waals surface area contributed by atoms with E-state index in [1.807, 2.05) is 0 Å². The second kappa shape index (κ2) is 3.35. The van der Waals surface area contributed by atoms with Gasteiger partial charge in [-0.25, -0.2) is 0 Å². The van der Waals surface area contributed by atoms with E-state index >= 15 is 0 Å². The molecular weight excluding hydrogens is 126 g/mol. The zero-order chi connectivity index (χ0) is 7.56. The van der Waals surface area contributed by atoms with Crippen LogP contribution in [0.15, 0.2) is 0 Å². The van der Waals surface area contributed by atoms with Crippen LogP contribution in [0, 0.1) is 5.92 Å². The largest absolute Gasteiger partial charge is 0.396 e. The van der Waals surface area contributed by atoms with Crippen LogP contribution in [-0.4, -0.2) is 36.8 Å². The molecule has 2 heteroatoms. The lowest BCUT2D eigenvalue weighted by molar-refractivity contribution is 0.216. The summed E-state index contributed by atoms with van der Waals surface area (Å²) in [6.07, 6.45) is 3.65. The van der Waals surface area contributed by atoms with E-state index in [0.29, 0.717) is 12.5 Å². The average molecular weight is 143 g/mol. The Morgan fingerprint density at radius 3 is 2.40 bits per heavy atom. The van der Waals surface area contributed by atoms with E-state index in [4.69, 9.17) is 5.11 Å². The summed E-state index contributed by atoms with van der Waals surface area (Å²) in [6, 6.07) is 0.720. The first-order valence-electron chi connectivity index (χ1n) is 4.01. The Hall–Kier alpha value is -0.0800. The smallest absolute Gasteiger partial charge is 0.0459 e. The lowest BCUT2D eigenvalue weighted by Crippen LogP contribution is -2.25. The monoisotopic (exact) mass is 143 g/mol. The van der Waals surface area contributed by atoms with Crippen molar-refractivity contribution >= 4 is 0 Å². The Morgan fingerprint density at radius 2 is 2.10 bits per heavy atom. The maximum atomic E-state index is 8.85. The summed E-state index contributed by atoms with van der Waals surface area (Å²) in [7, 11) is 4.23. The Balaban J connectivity index is 2.28. The van der Waals surface area contributed by atoms with Gasteiger partial charge in [-0.05, 0) is 39.3 Å². The molecule has 1 saturated carbocycles. The van der Waals surface area contributed by atoms with Crippen molar-refractivity contribution in [2.75, 3.05) is 20.7 Å². The zero-order valence-corrected chi connectivity index (χ0v) is 6.88. The quantitative estimate of drug-likeness (QED) is 0.615. The molecule has 60 valence electrons. The van der Waals surface area contributed by atoms with Gasteiger partial charge < -0.3 is 10.0 Å².